The van der Waals surface area contributed by atoms with Crippen molar-refractivity contribution in [3.05, 3.63) is 17.5 Å². The number of aromatic nitrogens is 2. The van der Waals surface area contributed by atoms with Crippen LogP contribution in [0.3, 0.4) is 0 Å². The predicted octanol–water partition coefficient (Wildman–Crippen LogP) is 1.25. The third kappa shape index (κ3) is 2.52. The number of aryl methyl sites for hydroxylation is 1. The van der Waals surface area contributed by atoms with E-state index >= 15 is 0 Å². The third-order valence-corrected chi connectivity index (χ3v) is 4.49. The van der Waals surface area contributed by atoms with Crippen LogP contribution >= 0.6 is 0 Å². The van der Waals surface area contributed by atoms with E-state index in [1.807, 2.05) is 0 Å². The van der Waals surface area contributed by atoms with Crippen LogP contribution < -0.4 is 5.32 Å². The van der Waals surface area contributed by atoms with Crippen molar-refractivity contribution in [1.29, 1.82) is 0 Å². The molecular weight excluding hydrogens is 242 g/mol. The second-order valence-corrected chi connectivity index (χ2v) is 5.90. The molecule has 1 unspecified atom stereocenters. The van der Waals surface area contributed by atoms with E-state index in [-0.39, 0.29) is 11.8 Å². The number of aliphatic hydroxyl groups is 1. The number of amides is 1. The van der Waals surface area contributed by atoms with Gasteiger partial charge in [-0.3, -0.25) is 9.89 Å². The van der Waals surface area contributed by atoms with Crippen LogP contribution in [0.2, 0.25) is 0 Å². The molecule has 1 atom stereocenters. The fourth-order valence-corrected chi connectivity index (χ4v) is 3.32. The molecule has 1 aromatic heterocycles. The summed E-state index contributed by atoms with van der Waals surface area (Å²) in [6.07, 6.45) is 8.34. The number of carbonyl (C=O) groups is 1. The summed E-state index contributed by atoms with van der Waals surface area (Å²) in [5.74, 6) is -0.0739. The van der Waals surface area contributed by atoms with Gasteiger partial charge in [-0.1, -0.05) is 12.8 Å². The number of aromatic amines is 1. The first-order valence-electron chi connectivity index (χ1n) is 7.20. The number of rotatable bonds is 3. The number of hydrogen-bond donors (Lipinski definition) is 3. The molecule has 2 aliphatic carbocycles. The van der Waals surface area contributed by atoms with Crippen molar-refractivity contribution in [2.75, 3.05) is 6.54 Å². The molecule has 0 aromatic carbocycles. The lowest BCUT2D eigenvalue weighted by molar-refractivity contribution is -0.124. The van der Waals surface area contributed by atoms with Gasteiger partial charge in [0, 0.05) is 17.8 Å². The summed E-state index contributed by atoms with van der Waals surface area (Å²) < 4.78 is 0. The van der Waals surface area contributed by atoms with Crippen LogP contribution in [0.4, 0.5) is 0 Å². The van der Waals surface area contributed by atoms with Crippen LogP contribution in [0.25, 0.3) is 0 Å². The summed E-state index contributed by atoms with van der Waals surface area (Å²) >= 11 is 0. The zero-order valence-electron chi connectivity index (χ0n) is 11.1. The molecule has 104 valence electrons. The van der Waals surface area contributed by atoms with Crippen LogP contribution in [0, 0.1) is 0 Å². The van der Waals surface area contributed by atoms with Crippen molar-refractivity contribution in [2.45, 2.75) is 56.5 Å². The maximum atomic E-state index is 12.3. The topological polar surface area (TPSA) is 78.0 Å². The van der Waals surface area contributed by atoms with Crippen molar-refractivity contribution in [1.82, 2.24) is 15.5 Å². The Bertz CT molecular complexity index is 463. The van der Waals surface area contributed by atoms with Crippen LogP contribution in [0.15, 0.2) is 6.20 Å². The summed E-state index contributed by atoms with van der Waals surface area (Å²) in [4.78, 5) is 12.3. The number of carbonyl (C=O) groups excluding carboxylic acids is 1. The molecular formula is C14H21N3O2. The van der Waals surface area contributed by atoms with E-state index in [9.17, 15) is 9.90 Å². The molecule has 2 aliphatic rings. The van der Waals surface area contributed by atoms with Gasteiger partial charge in [0.15, 0.2) is 0 Å². The van der Waals surface area contributed by atoms with E-state index in [2.05, 4.69) is 15.5 Å². The van der Waals surface area contributed by atoms with Crippen LogP contribution in [-0.4, -0.2) is 33.4 Å². The van der Waals surface area contributed by atoms with Gasteiger partial charge in [0.2, 0.25) is 5.91 Å². The lowest BCUT2D eigenvalue weighted by Gasteiger charge is -2.26. The van der Waals surface area contributed by atoms with Gasteiger partial charge in [0.1, 0.15) is 0 Å². The van der Waals surface area contributed by atoms with Crippen molar-refractivity contribution in [2.24, 2.45) is 0 Å². The molecule has 3 N–H and O–H groups in total. The second kappa shape index (κ2) is 4.96. The van der Waals surface area contributed by atoms with Crippen molar-refractivity contribution in [3.8, 4) is 0 Å². The molecule has 0 radical (unpaired) electrons. The highest BCUT2D eigenvalue weighted by Crippen LogP contribution is 2.31. The summed E-state index contributed by atoms with van der Waals surface area (Å²) in [5.41, 5.74) is 1.44. The molecule has 1 heterocycles. The van der Waals surface area contributed by atoms with Gasteiger partial charge in [-0.25, -0.2) is 0 Å². The van der Waals surface area contributed by atoms with E-state index in [0.29, 0.717) is 6.54 Å². The molecule has 5 nitrogen and oxygen atoms in total. The summed E-state index contributed by atoms with van der Waals surface area (Å²) in [7, 11) is 0. The molecule has 0 spiro atoms. The molecule has 3 rings (SSSR count). The lowest BCUT2D eigenvalue weighted by atomic mass is 9.86. The van der Waals surface area contributed by atoms with Gasteiger partial charge in [-0.2, -0.15) is 5.10 Å². The maximum absolute atomic E-state index is 12.3. The van der Waals surface area contributed by atoms with E-state index in [1.54, 1.807) is 6.20 Å². The van der Waals surface area contributed by atoms with Gasteiger partial charge in [0.05, 0.1) is 17.7 Å². The molecule has 1 aromatic rings. The highest BCUT2D eigenvalue weighted by molar-refractivity contribution is 5.84. The number of nitrogens with zero attached hydrogens (tertiary/aromatic N) is 1. The smallest absolute Gasteiger partial charge is 0.227 e. The lowest BCUT2D eigenvalue weighted by Crippen LogP contribution is -2.42. The van der Waals surface area contributed by atoms with E-state index in [0.717, 1.165) is 56.2 Å². The van der Waals surface area contributed by atoms with Gasteiger partial charge in [-0.05, 0) is 32.1 Å². The summed E-state index contributed by atoms with van der Waals surface area (Å²) in [6, 6.07) is 0. The van der Waals surface area contributed by atoms with Crippen LogP contribution in [-0.2, 0) is 11.2 Å². The first-order chi connectivity index (χ1) is 9.18. The molecule has 0 bridgehead atoms. The highest BCUT2D eigenvalue weighted by Gasteiger charge is 2.33. The minimum atomic E-state index is -0.677. The minimum absolute atomic E-state index is 0.0303. The van der Waals surface area contributed by atoms with Crippen molar-refractivity contribution in [3.63, 3.8) is 0 Å². The van der Waals surface area contributed by atoms with E-state index in [1.165, 1.54) is 0 Å². The van der Waals surface area contributed by atoms with Crippen LogP contribution in [0.1, 0.15) is 55.7 Å². The average Bonchev–Trinajstić information content (AvgIpc) is 3.04. The number of fused-ring (bicyclic) bond motifs is 1. The molecule has 1 amide bonds. The minimum Gasteiger partial charge on any atom is -0.388 e. The Kier molecular flexibility index (Phi) is 3.31. The Morgan fingerprint density at radius 2 is 2.26 bits per heavy atom. The quantitative estimate of drug-likeness (QED) is 0.768. The highest BCUT2D eigenvalue weighted by atomic mass is 16.3. The molecule has 0 saturated heterocycles. The van der Waals surface area contributed by atoms with E-state index in [4.69, 9.17) is 0 Å². The Morgan fingerprint density at radius 1 is 1.47 bits per heavy atom. The molecule has 5 heteroatoms. The zero-order valence-corrected chi connectivity index (χ0v) is 11.1. The normalized spacial score (nSPS) is 25.0. The molecule has 0 aliphatic heterocycles. The fourth-order valence-electron chi connectivity index (χ4n) is 3.32. The number of H-pyrrole nitrogens is 1. The van der Waals surface area contributed by atoms with E-state index < -0.39 is 5.60 Å². The molecule has 19 heavy (non-hydrogen) atoms. The third-order valence-electron chi connectivity index (χ3n) is 4.49. The fraction of sp³-hybridized carbons (Fsp3) is 0.714. The average molecular weight is 263 g/mol. The number of nitrogens with one attached hydrogen (secondary N) is 2. The summed E-state index contributed by atoms with van der Waals surface area (Å²) in [5, 5.41) is 20.2. The largest absolute Gasteiger partial charge is 0.388 e. The van der Waals surface area contributed by atoms with Crippen LogP contribution in [0.5, 0.6) is 0 Å². The SMILES string of the molecule is O=C(NCC1(O)CCCC1)C1CCCc2[nH]ncc21. The maximum Gasteiger partial charge on any atom is 0.227 e. The Hall–Kier alpha value is -1.36. The van der Waals surface area contributed by atoms with Gasteiger partial charge in [-0.15, -0.1) is 0 Å². The van der Waals surface area contributed by atoms with Crippen molar-refractivity contribution < 1.29 is 9.90 Å². The Labute approximate surface area is 112 Å². The first-order valence-corrected chi connectivity index (χ1v) is 7.20. The predicted molar refractivity (Wildman–Crippen MR) is 70.7 cm³/mol. The Balaban J connectivity index is 1.62. The second-order valence-electron chi connectivity index (χ2n) is 5.90. The van der Waals surface area contributed by atoms with Gasteiger partial charge < -0.3 is 10.4 Å². The van der Waals surface area contributed by atoms with Gasteiger partial charge >= 0.3 is 0 Å². The van der Waals surface area contributed by atoms with Crippen molar-refractivity contribution >= 4 is 5.91 Å². The van der Waals surface area contributed by atoms with Gasteiger partial charge in [0.25, 0.3) is 0 Å². The zero-order chi connectivity index (χ0) is 13.3. The standard InChI is InChI=1S/C14H21N3O2/c18-13(15-9-14(19)6-1-2-7-14)10-4-3-5-12-11(10)8-16-17-12/h8,10,19H,1-7,9H2,(H,15,18)(H,16,17). The summed E-state index contributed by atoms with van der Waals surface area (Å²) in [6.45, 7) is 0.384. The molecule has 1 fully saturated rings. The monoisotopic (exact) mass is 263 g/mol. The first kappa shape index (κ1) is 12.7. The number of hydrogen-bond acceptors (Lipinski definition) is 3. The molecule has 1 saturated carbocycles. The Morgan fingerprint density at radius 3 is 3.05 bits per heavy atom.